The Labute approximate surface area is 186 Å². The van der Waals surface area contributed by atoms with E-state index in [1.165, 1.54) is 24.3 Å². The van der Waals surface area contributed by atoms with Crippen LogP contribution < -0.4 is 10.6 Å². The van der Waals surface area contributed by atoms with Gasteiger partial charge in [-0.15, -0.1) is 0 Å². The number of halogens is 1. The molecule has 0 bridgehead atoms. The minimum atomic E-state index is -0.867. The molecule has 0 fully saturated rings. The van der Waals surface area contributed by atoms with Crippen LogP contribution in [-0.4, -0.2) is 21.7 Å². The van der Waals surface area contributed by atoms with Crippen molar-refractivity contribution in [2.24, 2.45) is 0 Å². The van der Waals surface area contributed by atoms with Crippen LogP contribution in [0.25, 0.3) is 0 Å². The van der Waals surface area contributed by atoms with E-state index < -0.39 is 27.1 Å². The standard InChI is InChI=1S/C21H15ClN4O6/c1-12-10-14(22)4-9-18(12)24-20(27)13-2-5-15(6-3-13)23-21(28)17-8-7-16(25(29)30)11-19(17)26(31)32/h2-11H,1H3,(H,23,28)(H,24,27). The first kappa shape index (κ1) is 22.4. The van der Waals surface area contributed by atoms with Crippen LogP contribution in [0, 0.1) is 27.2 Å². The molecule has 3 rings (SSSR count). The molecule has 0 unspecified atom stereocenters. The predicted octanol–water partition coefficient (Wildman–Crippen LogP) is 4.97. The van der Waals surface area contributed by atoms with Crippen LogP contribution in [0.5, 0.6) is 0 Å². The topological polar surface area (TPSA) is 144 Å². The van der Waals surface area contributed by atoms with E-state index >= 15 is 0 Å². The molecular formula is C21H15ClN4O6. The Morgan fingerprint density at radius 3 is 2.12 bits per heavy atom. The summed E-state index contributed by atoms with van der Waals surface area (Å²) >= 11 is 5.91. The van der Waals surface area contributed by atoms with Gasteiger partial charge < -0.3 is 10.6 Å². The second-order valence-electron chi connectivity index (χ2n) is 6.66. The molecule has 0 saturated carbocycles. The van der Waals surface area contributed by atoms with E-state index in [1.54, 1.807) is 25.1 Å². The summed E-state index contributed by atoms with van der Waals surface area (Å²) in [5.74, 6) is -1.19. The van der Waals surface area contributed by atoms with Gasteiger partial charge in [0.1, 0.15) is 5.56 Å². The van der Waals surface area contributed by atoms with Gasteiger partial charge in [-0.2, -0.15) is 0 Å². The third kappa shape index (κ3) is 5.05. The van der Waals surface area contributed by atoms with Gasteiger partial charge in [0.15, 0.2) is 0 Å². The van der Waals surface area contributed by atoms with E-state index in [0.717, 1.165) is 23.8 Å². The summed E-state index contributed by atoms with van der Waals surface area (Å²) in [5.41, 5.74) is 0.466. The number of non-ortho nitro benzene ring substituents is 1. The molecule has 10 nitrogen and oxygen atoms in total. The maximum absolute atomic E-state index is 12.5. The molecule has 3 aromatic carbocycles. The summed E-state index contributed by atoms with van der Waals surface area (Å²) in [6, 6.07) is 13.7. The van der Waals surface area contributed by atoms with Gasteiger partial charge in [-0.05, 0) is 61.0 Å². The van der Waals surface area contributed by atoms with Crippen LogP contribution in [0.4, 0.5) is 22.7 Å². The highest BCUT2D eigenvalue weighted by atomic mass is 35.5. The SMILES string of the molecule is Cc1cc(Cl)ccc1NC(=O)c1ccc(NC(=O)c2ccc([N+](=O)[O-])cc2[N+](=O)[O-])cc1. The van der Waals surface area contributed by atoms with Crippen molar-refractivity contribution in [1.82, 2.24) is 0 Å². The van der Waals surface area contributed by atoms with E-state index in [0.29, 0.717) is 16.3 Å². The first-order valence-corrected chi connectivity index (χ1v) is 9.45. The number of hydrogen-bond donors (Lipinski definition) is 2. The lowest BCUT2D eigenvalue weighted by molar-refractivity contribution is -0.394. The molecule has 0 aromatic heterocycles. The largest absolute Gasteiger partial charge is 0.322 e. The Bertz CT molecular complexity index is 1240. The van der Waals surface area contributed by atoms with Crippen LogP contribution in [-0.2, 0) is 0 Å². The van der Waals surface area contributed by atoms with E-state index in [-0.39, 0.29) is 17.2 Å². The summed E-state index contributed by atoms with van der Waals surface area (Å²) in [6.07, 6.45) is 0. The molecule has 3 aromatic rings. The number of amides is 2. The Balaban J connectivity index is 1.74. The van der Waals surface area contributed by atoms with Gasteiger partial charge in [0.25, 0.3) is 23.2 Å². The van der Waals surface area contributed by atoms with Crippen molar-refractivity contribution in [3.63, 3.8) is 0 Å². The Morgan fingerprint density at radius 2 is 1.53 bits per heavy atom. The number of nitro groups is 2. The molecule has 0 aliphatic rings. The van der Waals surface area contributed by atoms with Gasteiger partial charge in [-0.3, -0.25) is 29.8 Å². The van der Waals surface area contributed by atoms with Crippen molar-refractivity contribution in [3.05, 3.63) is 103 Å². The number of anilines is 2. The average molecular weight is 455 g/mol. The minimum Gasteiger partial charge on any atom is -0.322 e. The van der Waals surface area contributed by atoms with Crippen LogP contribution in [0.2, 0.25) is 5.02 Å². The molecular weight excluding hydrogens is 440 g/mol. The van der Waals surface area contributed by atoms with Crippen molar-refractivity contribution < 1.29 is 19.4 Å². The van der Waals surface area contributed by atoms with Crippen LogP contribution in [0.1, 0.15) is 26.3 Å². The monoisotopic (exact) mass is 454 g/mol. The van der Waals surface area contributed by atoms with Crippen LogP contribution in [0.15, 0.2) is 60.7 Å². The molecule has 162 valence electrons. The third-order valence-corrected chi connectivity index (χ3v) is 4.71. The normalized spacial score (nSPS) is 10.3. The van der Waals surface area contributed by atoms with Gasteiger partial charge >= 0.3 is 0 Å². The van der Waals surface area contributed by atoms with Crippen LogP contribution >= 0.6 is 11.6 Å². The summed E-state index contributed by atoms with van der Waals surface area (Å²) in [5, 5.41) is 27.8. The van der Waals surface area contributed by atoms with E-state index in [9.17, 15) is 29.8 Å². The van der Waals surface area contributed by atoms with Crippen molar-refractivity contribution in [1.29, 1.82) is 0 Å². The van der Waals surface area contributed by atoms with Crippen molar-refractivity contribution >= 4 is 46.2 Å². The first-order chi connectivity index (χ1) is 15.2. The average Bonchev–Trinajstić information content (AvgIpc) is 2.75. The number of carbonyl (C=O) groups is 2. The number of nitrogens with one attached hydrogen (secondary N) is 2. The van der Waals surface area contributed by atoms with Gasteiger partial charge in [0.2, 0.25) is 0 Å². The fourth-order valence-electron chi connectivity index (χ4n) is 2.84. The number of nitrogens with zero attached hydrogens (tertiary/aromatic N) is 2. The Hall–Kier alpha value is -4.31. The lowest BCUT2D eigenvalue weighted by atomic mass is 10.1. The minimum absolute atomic E-state index is 0.280. The lowest BCUT2D eigenvalue weighted by Crippen LogP contribution is -2.15. The molecule has 0 spiro atoms. The fraction of sp³-hybridized carbons (Fsp3) is 0.0476. The Kier molecular flexibility index (Phi) is 6.45. The molecule has 0 atom stereocenters. The highest BCUT2D eigenvalue weighted by Crippen LogP contribution is 2.26. The number of hydrogen-bond acceptors (Lipinski definition) is 6. The molecule has 2 amide bonds. The molecule has 0 radical (unpaired) electrons. The van der Waals surface area contributed by atoms with E-state index in [2.05, 4.69) is 10.6 Å². The highest BCUT2D eigenvalue weighted by molar-refractivity contribution is 6.30. The zero-order chi connectivity index (χ0) is 23.4. The van der Waals surface area contributed by atoms with Gasteiger partial charge in [-0.25, -0.2) is 0 Å². The van der Waals surface area contributed by atoms with Crippen LogP contribution in [0.3, 0.4) is 0 Å². The quantitative estimate of drug-likeness (QED) is 0.397. The smallest absolute Gasteiger partial charge is 0.289 e. The lowest BCUT2D eigenvalue weighted by Gasteiger charge is -2.10. The number of aryl methyl sites for hydroxylation is 1. The molecule has 0 aliphatic heterocycles. The van der Waals surface area contributed by atoms with Crippen molar-refractivity contribution in [3.8, 4) is 0 Å². The molecule has 2 N–H and O–H groups in total. The van der Waals surface area contributed by atoms with E-state index in [4.69, 9.17) is 11.6 Å². The number of carbonyl (C=O) groups excluding carboxylic acids is 2. The molecule has 0 heterocycles. The molecule has 32 heavy (non-hydrogen) atoms. The zero-order valence-corrected chi connectivity index (χ0v) is 17.3. The second kappa shape index (κ2) is 9.23. The fourth-order valence-corrected chi connectivity index (χ4v) is 3.07. The molecule has 11 heteroatoms. The maximum Gasteiger partial charge on any atom is 0.289 e. The zero-order valence-electron chi connectivity index (χ0n) is 16.5. The number of rotatable bonds is 6. The summed E-state index contributed by atoms with van der Waals surface area (Å²) in [7, 11) is 0. The van der Waals surface area contributed by atoms with Crippen molar-refractivity contribution in [2.45, 2.75) is 6.92 Å². The molecule has 0 aliphatic carbocycles. The second-order valence-corrected chi connectivity index (χ2v) is 7.10. The van der Waals surface area contributed by atoms with Gasteiger partial charge in [0, 0.05) is 28.0 Å². The predicted molar refractivity (Wildman–Crippen MR) is 118 cm³/mol. The van der Waals surface area contributed by atoms with Gasteiger partial charge in [0.05, 0.1) is 15.9 Å². The maximum atomic E-state index is 12.5. The summed E-state index contributed by atoms with van der Waals surface area (Å²) in [4.78, 5) is 45.3. The van der Waals surface area contributed by atoms with E-state index in [1.807, 2.05) is 0 Å². The number of benzene rings is 3. The summed E-state index contributed by atoms with van der Waals surface area (Å²) in [6.45, 7) is 1.80. The third-order valence-electron chi connectivity index (χ3n) is 4.48. The van der Waals surface area contributed by atoms with Gasteiger partial charge in [-0.1, -0.05) is 11.6 Å². The highest BCUT2D eigenvalue weighted by Gasteiger charge is 2.24. The summed E-state index contributed by atoms with van der Waals surface area (Å²) < 4.78 is 0. The molecule has 0 saturated heterocycles. The first-order valence-electron chi connectivity index (χ1n) is 9.07. The Morgan fingerprint density at radius 1 is 0.844 bits per heavy atom. The number of nitro benzene ring substituents is 2. The van der Waals surface area contributed by atoms with Crippen molar-refractivity contribution in [2.75, 3.05) is 10.6 Å².